The monoisotopic (exact) mass is 273 g/mol. The Morgan fingerprint density at radius 2 is 1.80 bits per heavy atom. The van der Waals surface area contributed by atoms with Crippen LogP contribution in [0, 0.1) is 0 Å². The molecule has 0 unspecified atom stereocenters. The van der Waals surface area contributed by atoms with Crippen molar-refractivity contribution in [3.8, 4) is 0 Å². The first kappa shape index (κ1) is 13.5. The Morgan fingerprint density at radius 3 is 2.40 bits per heavy atom. The van der Waals surface area contributed by atoms with Crippen LogP contribution < -0.4 is 10.8 Å². The molecule has 0 atom stereocenters. The number of hydrogen-bond acceptors (Lipinski definition) is 4. The van der Waals surface area contributed by atoms with Gasteiger partial charge in [-0.25, -0.2) is 4.98 Å². The van der Waals surface area contributed by atoms with Crippen LogP contribution in [0.1, 0.15) is 27.7 Å². The van der Waals surface area contributed by atoms with Gasteiger partial charge in [-0.1, -0.05) is 6.07 Å². The lowest BCUT2D eigenvalue weighted by Crippen LogP contribution is -2.41. The molecule has 2 aromatic rings. The Hall–Kier alpha value is -1.53. The summed E-state index contributed by atoms with van der Waals surface area (Å²) in [5, 5.41) is 3.07. The van der Waals surface area contributed by atoms with E-state index in [1.54, 1.807) is 0 Å². The minimum Gasteiger partial charge on any atom is -0.399 e. The Bertz CT molecular complexity index is 635. The zero-order valence-electron chi connectivity index (χ0n) is 12.6. The van der Waals surface area contributed by atoms with E-state index < -0.39 is 0 Å². The second-order valence-corrected chi connectivity index (χ2v) is 6.18. The highest BCUT2D eigenvalue weighted by Crippen LogP contribution is 2.36. The lowest BCUT2D eigenvalue weighted by Gasteiger charge is -2.32. The van der Waals surface area contributed by atoms with Crippen LogP contribution in [0.4, 0.5) is 5.95 Å². The first-order valence-corrected chi connectivity index (χ1v) is 6.84. The maximum atomic E-state index is 6.07. The number of anilines is 1. The van der Waals surface area contributed by atoms with Crippen molar-refractivity contribution < 1.29 is 9.31 Å². The number of pyridine rings is 1. The van der Waals surface area contributed by atoms with Gasteiger partial charge in [0.15, 0.2) is 0 Å². The van der Waals surface area contributed by atoms with Gasteiger partial charge < -0.3 is 14.6 Å². The Kier molecular flexibility index (Phi) is 2.85. The summed E-state index contributed by atoms with van der Waals surface area (Å²) in [7, 11) is 1.51. The highest BCUT2D eigenvalue weighted by Gasteiger charge is 2.51. The van der Waals surface area contributed by atoms with Gasteiger partial charge in [-0.05, 0) is 39.2 Å². The molecule has 20 heavy (non-hydrogen) atoms. The van der Waals surface area contributed by atoms with Crippen molar-refractivity contribution in [1.29, 1.82) is 0 Å². The minimum atomic E-state index is -0.350. The van der Waals surface area contributed by atoms with Gasteiger partial charge in [0.2, 0.25) is 5.95 Å². The van der Waals surface area contributed by atoms with E-state index in [4.69, 9.17) is 9.31 Å². The average Bonchev–Trinajstić information content (AvgIpc) is 2.87. The molecule has 0 aromatic carbocycles. The third-order valence-electron chi connectivity index (χ3n) is 4.30. The Labute approximate surface area is 119 Å². The fraction of sp³-hybridized carbons (Fsp3) is 0.500. The normalized spacial score (nSPS) is 20.6. The predicted molar refractivity (Wildman–Crippen MR) is 80.5 cm³/mol. The molecule has 0 bridgehead atoms. The van der Waals surface area contributed by atoms with Crippen LogP contribution >= 0.6 is 0 Å². The van der Waals surface area contributed by atoms with E-state index in [1.807, 2.05) is 36.0 Å². The summed E-state index contributed by atoms with van der Waals surface area (Å²) < 4.78 is 14.1. The molecule has 3 heterocycles. The molecule has 2 aromatic heterocycles. The molecule has 0 saturated carbocycles. The predicted octanol–water partition coefficient (Wildman–Crippen LogP) is 1.68. The van der Waals surface area contributed by atoms with Crippen LogP contribution in [-0.4, -0.2) is 34.8 Å². The fourth-order valence-electron chi connectivity index (χ4n) is 2.31. The SMILES string of the molecule is CNc1ncc2ccc(B3OC(C)(C)C(C)(C)O3)cn12. The summed E-state index contributed by atoms with van der Waals surface area (Å²) in [5.41, 5.74) is 1.38. The van der Waals surface area contributed by atoms with Gasteiger partial charge >= 0.3 is 7.12 Å². The molecule has 6 heteroatoms. The molecular formula is C14H20BN3O2. The number of aromatic nitrogens is 2. The molecule has 1 saturated heterocycles. The summed E-state index contributed by atoms with van der Waals surface area (Å²) >= 11 is 0. The molecule has 1 aliphatic heterocycles. The quantitative estimate of drug-likeness (QED) is 0.846. The molecule has 0 spiro atoms. The number of imidazole rings is 1. The molecule has 0 amide bonds. The lowest BCUT2D eigenvalue weighted by molar-refractivity contribution is 0.00578. The number of hydrogen-bond donors (Lipinski definition) is 1. The summed E-state index contributed by atoms with van der Waals surface area (Å²) in [5.74, 6) is 0.804. The first-order valence-electron chi connectivity index (χ1n) is 6.84. The van der Waals surface area contributed by atoms with Crippen molar-refractivity contribution in [2.75, 3.05) is 12.4 Å². The summed E-state index contributed by atoms with van der Waals surface area (Å²) in [6.45, 7) is 8.23. The van der Waals surface area contributed by atoms with Gasteiger partial charge in [-0.15, -0.1) is 0 Å². The highest BCUT2D eigenvalue weighted by atomic mass is 16.7. The van der Waals surface area contributed by atoms with Gasteiger partial charge in [0, 0.05) is 13.2 Å². The second kappa shape index (κ2) is 4.23. The number of nitrogens with one attached hydrogen (secondary N) is 1. The average molecular weight is 273 g/mol. The number of nitrogens with zero attached hydrogens (tertiary/aromatic N) is 2. The van der Waals surface area contributed by atoms with E-state index in [0.717, 1.165) is 16.9 Å². The second-order valence-electron chi connectivity index (χ2n) is 6.18. The van der Waals surface area contributed by atoms with Crippen molar-refractivity contribution >= 4 is 24.0 Å². The van der Waals surface area contributed by atoms with E-state index in [1.165, 1.54) is 0 Å². The van der Waals surface area contributed by atoms with Crippen LogP contribution in [0.5, 0.6) is 0 Å². The standard InChI is InChI=1S/C14H20BN3O2/c1-13(2)14(3,4)20-15(19-13)10-6-7-11-8-17-12(16-5)18(11)9-10/h6-9H,1-5H3,(H,16,17). The number of rotatable bonds is 2. The first-order chi connectivity index (χ1) is 9.34. The molecule has 1 fully saturated rings. The Balaban J connectivity index is 1.99. The van der Waals surface area contributed by atoms with Crippen molar-refractivity contribution in [2.45, 2.75) is 38.9 Å². The molecule has 0 radical (unpaired) electrons. The summed E-state index contributed by atoms with van der Waals surface area (Å²) in [6, 6.07) is 4.05. The van der Waals surface area contributed by atoms with Crippen molar-refractivity contribution in [1.82, 2.24) is 9.38 Å². The molecule has 5 nitrogen and oxygen atoms in total. The molecule has 1 N–H and O–H groups in total. The van der Waals surface area contributed by atoms with Gasteiger partial charge in [0.1, 0.15) is 0 Å². The topological polar surface area (TPSA) is 47.8 Å². The van der Waals surface area contributed by atoms with E-state index in [2.05, 4.69) is 38.0 Å². The number of fused-ring (bicyclic) bond motifs is 1. The Morgan fingerprint density at radius 1 is 1.15 bits per heavy atom. The van der Waals surface area contributed by atoms with E-state index >= 15 is 0 Å². The minimum absolute atomic E-state index is 0.326. The fourth-order valence-corrected chi connectivity index (χ4v) is 2.31. The summed E-state index contributed by atoms with van der Waals surface area (Å²) in [4.78, 5) is 4.31. The van der Waals surface area contributed by atoms with Crippen molar-refractivity contribution in [3.05, 3.63) is 24.5 Å². The van der Waals surface area contributed by atoms with Crippen LogP contribution in [0.3, 0.4) is 0 Å². The van der Waals surface area contributed by atoms with E-state index in [9.17, 15) is 0 Å². The van der Waals surface area contributed by atoms with Gasteiger partial charge in [-0.3, -0.25) is 4.40 Å². The van der Waals surface area contributed by atoms with Gasteiger partial charge in [-0.2, -0.15) is 0 Å². The largest absolute Gasteiger partial charge is 0.496 e. The van der Waals surface area contributed by atoms with Crippen LogP contribution in [0.2, 0.25) is 0 Å². The maximum Gasteiger partial charge on any atom is 0.496 e. The van der Waals surface area contributed by atoms with E-state index in [-0.39, 0.29) is 18.3 Å². The third kappa shape index (κ3) is 1.91. The van der Waals surface area contributed by atoms with Crippen LogP contribution in [-0.2, 0) is 9.31 Å². The van der Waals surface area contributed by atoms with E-state index in [0.29, 0.717) is 0 Å². The zero-order valence-corrected chi connectivity index (χ0v) is 12.6. The molecule has 106 valence electrons. The van der Waals surface area contributed by atoms with Crippen molar-refractivity contribution in [2.24, 2.45) is 0 Å². The highest BCUT2D eigenvalue weighted by molar-refractivity contribution is 6.62. The smallest absolute Gasteiger partial charge is 0.399 e. The van der Waals surface area contributed by atoms with Crippen LogP contribution in [0.15, 0.2) is 24.5 Å². The zero-order chi connectivity index (χ0) is 14.5. The van der Waals surface area contributed by atoms with Gasteiger partial charge in [0.05, 0.1) is 22.9 Å². The molecule has 1 aliphatic rings. The van der Waals surface area contributed by atoms with Gasteiger partial charge in [0.25, 0.3) is 0 Å². The molecule has 3 rings (SSSR count). The summed E-state index contributed by atoms with van der Waals surface area (Å²) in [6.07, 6.45) is 3.84. The third-order valence-corrected chi connectivity index (χ3v) is 4.30. The lowest BCUT2D eigenvalue weighted by atomic mass is 9.80. The maximum absolute atomic E-state index is 6.07. The van der Waals surface area contributed by atoms with Crippen LogP contribution in [0.25, 0.3) is 5.52 Å². The van der Waals surface area contributed by atoms with Crippen molar-refractivity contribution in [3.63, 3.8) is 0 Å². The molecule has 0 aliphatic carbocycles. The molecular weight excluding hydrogens is 253 g/mol.